The van der Waals surface area contributed by atoms with Crippen LogP contribution >= 0.6 is 0 Å². The Morgan fingerprint density at radius 1 is 1.10 bits per heavy atom. The first-order chi connectivity index (χ1) is 14.0. The number of hydrazone groups is 1. The Labute approximate surface area is 170 Å². The van der Waals surface area contributed by atoms with Gasteiger partial charge < -0.3 is 9.47 Å². The highest BCUT2D eigenvalue weighted by atomic mass is 16.5. The molecule has 3 rings (SSSR count). The molecule has 7 heteroatoms. The van der Waals surface area contributed by atoms with E-state index in [9.17, 15) is 4.79 Å². The van der Waals surface area contributed by atoms with Gasteiger partial charge in [-0.25, -0.2) is 5.43 Å². The number of ether oxygens (including phenoxy) is 2. The predicted octanol–water partition coefficient (Wildman–Crippen LogP) is 3.33. The van der Waals surface area contributed by atoms with Crippen LogP contribution in [0.4, 0.5) is 0 Å². The van der Waals surface area contributed by atoms with Gasteiger partial charge in [0.1, 0.15) is 11.5 Å². The number of aromatic nitrogens is 2. The summed E-state index contributed by atoms with van der Waals surface area (Å²) in [6.45, 7) is 4.58. The van der Waals surface area contributed by atoms with Crippen molar-refractivity contribution in [3.05, 3.63) is 76.6 Å². The summed E-state index contributed by atoms with van der Waals surface area (Å²) < 4.78 is 12.3. The molecule has 0 saturated carbocycles. The first-order valence-corrected chi connectivity index (χ1v) is 9.16. The van der Waals surface area contributed by atoms with Crippen molar-refractivity contribution in [3.63, 3.8) is 0 Å². The minimum Gasteiger partial charge on any atom is -0.497 e. The van der Waals surface area contributed by atoms with Gasteiger partial charge in [0, 0.05) is 22.9 Å². The molecule has 0 unspecified atom stereocenters. The predicted molar refractivity (Wildman–Crippen MR) is 112 cm³/mol. The number of aryl methyl sites for hydroxylation is 1. The van der Waals surface area contributed by atoms with Crippen molar-refractivity contribution in [2.75, 3.05) is 14.2 Å². The van der Waals surface area contributed by atoms with Crippen LogP contribution in [0.2, 0.25) is 0 Å². The number of nitrogens with zero attached hydrogens (tertiary/aromatic N) is 3. The average molecular weight is 392 g/mol. The number of nitrogens with one attached hydrogen (secondary N) is 1. The topological polar surface area (TPSA) is 77.7 Å². The van der Waals surface area contributed by atoms with Crippen LogP contribution in [-0.2, 0) is 6.54 Å². The molecule has 0 aliphatic rings. The molecule has 0 spiro atoms. The number of methoxy groups -OCH3 is 2. The summed E-state index contributed by atoms with van der Waals surface area (Å²) in [5, 5.41) is 8.70. The minimum atomic E-state index is -0.356. The summed E-state index contributed by atoms with van der Waals surface area (Å²) in [4.78, 5) is 12.4. The summed E-state index contributed by atoms with van der Waals surface area (Å²) >= 11 is 0. The van der Waals surface area contributed by atoms with Crippen LogP contribution in [0, 0.1) is 13.8 Å². The zero-order chi connectivity index (χ0) is 20.8. The minimum absolute atomic E-state index is 0.356. The van der Waals surface area contributed by atoms with Crippen molar-refractivity contribution in [1.82, 2.24) is 15.2 Å². The zero-order valence-corrected chi connectivity index (χ0v) is 17.0. The molecule has 1 heterocycles. The van der Waals surface area contributed by atoms with Gasteiger partial charge >= 0.3 is 0 Å². The average Bonchev–Trinajstić information content (AvgIpc) is 3.01. The van der Waals surface area contributed by atoms with E-state index in [0.717, 1.165) is 17.0 Å². The molecule has 7 nitrogen and oxygen atoms in total. The Morgan fingerprint density at radius 3 is 2.38 bits per heavy atom. The number of hydrogen-bond donors (Lipinski definition) is 1. The molecule has 0 radical (unpaired) electrons. The lowest BCUT2D eigenvalue weighted by Gasteiger charge is -2.07. The third kappa shape index (κ3) is 4.82. The number of rotatable bonds is 7. The van der Waals surface area contributed by atoms with Gasteiger partial charge in [-0.1, -0.05) is 30.3 Å². The Morgan fingerprint density at radius 2 is 1.76 bits per heavy atom. The monoisotopic (exact) mass is 392 g/mol. The van der Waals surface area contributed by atoms with Crippen LogP contribution in [0.5, 0.6) is 11.5 Å². The molecule has 1 amide bonds. The summed E-state index contributed by atoms with van der Waals surface area (Å²) in [5.74, 6) is 0.713. The molecule has 1 aromatic heterocycles. The van der Waals surface area contributed by atoms with E-state index < -0.39 is 0 Å². The van der Waals surface area contributed by atoms with E-state index >= 15 is 0 Å². The molecule has 0 bridgehead atoms. The Hall–Kier alpha value is -3.61. The van der Waals surface area contributed by atoms with Gasteiger partial charge in [0.15, 0.2) is 0 Å². The van der Waals surface area contributed by atoms with Crippen molar-refractivity contribution in [2.24, 2.45) is 5.10 Å². The lowest BCUT2D eigenvalue weighted by atomic mass is 10.2. The normalized spacial score (nSPS) is 10.9. The summed E-state index contributed by atoms with van der Waals surface area (Å²) in [6, 6.07) is 15.1. The lowest BCUT2D eigenvalue weighted by molar-refractivity contribution is 0.0954. The standard InChI is InChI=1S/C22H24N4O3/c1-15-21(16(2)26(25-15)14-17-8-6-5-7-9-17)13-23-24-22(27)18-10-19(28-3)12-20(11-18)29-4/h5-13H,14H2,1-4H3,(H,24,27)/b23-13-. The number of carbonyl (C=O) groups excluding carboxylic acids is 1. The number of amides is 1. The third-order valence-corrected chi connectivity index (χ3v) is 4.59. The molecule has 1 N–H and O–H groups in total. The van der Waals surface area contributed by atoms with Gasteiger partial charge in [0.2, 0.25) is 0 Å². The van der Waals surface area contributed by atoms with Crippen molar-refractivity contribution in [3.8, 4) is 11.5 Å². The van der Waals surface area contributed by atoms with Gasteiger partial charge in [-0.15, -0.1) is 0 Å². The van der Waals surface area contributed by atoms with Crippen LogP contribution in [0.25, 0.3) is 0 Å². The van der Waals surface area contributed by atoms with E-state index in [1.165, 1.54) is 19.8 Å². The van der Waals surface area contributed by atoms with Crippen LogP contribution < -0.4 is 14.9 Å². The van der Waals surface area contributed by atoms with Gasteiger partial charge in [-0.2, -0.15) is 10.2 Å². The highest BCUT2D eigenvalue weighted by Gasteiger charge is 2.12. The van der Waals surface area contributed by atoms with Gasteiger partial charge in [0.05, 0.1) is 32.7 Å². The van der Waals surface area contributed by atoms with E-state index in [1.54, 1.807) is 24.4 Å². The molecule has 0 fully saturated rings. The summed E-state index contributed by atoms with van der Waals surface area (Å²) in [7, 11) is 3.07. The molecule has 0 atom stereocenters. The molecular weight excluding hydrogens is 368 g/mol. The van der Waals surface area contributed by atoms with Crippen molar-refractivity contribution >= 4 is 12.1 Å². The molecule has 2 aromatic carbocycles. The second-order valence-corrected chi connectivity index (χ2v) is 6.53. The second-order valence-electron chi connectivity index (χ2n) is 6.53. The van der Waals surface area contributed by atoms with Crippen molar-refractivity contribution in [1.29, 1.82) is 0 Å². The molecule has 29 heavy (non-hydrogen) atoms. The molecular formula is C22H24N4O3. The highest BCUT2D eigenvalue weighted by Crippen LogP contribution is 2.22. The van der Waals surface area contributed by atoms with Crippen LogP contribution in [0.1, 0.15) is 32.9 Å². The maximum absolute atomic E-state index is 12.4. The van der Waals surface area contributed by atoms with Gasteiger partial charge in [-0.3, -0.25) is 9.48 Å². The Balaban J connectivity index is 1.73. The number of hydrogen-bond acceptors (Lipinski definition) is 5. The first kappa shape index (κ1) is 20.1. The molecule has 0 saturated heterocycles. The summed E-state index contributed by atoms with van der Waals surface area (Å²) in [6.07, 6.45) is 1.62. The van der Waals surface area contributed by atoms with Crippen LogP contribution in [0.15, 0.2) is 53.6 Å². The van der Waals surface area contributed by atoms with Gasteiger partial charge in [-0.05, 0) is 31.5 Å². The Bertz CT molecular complexity index is 1000. The second kappa shape index (κ2) is 9.05. The maximum Gasteiger partial charge on any atom is 0.271 e. The van der Waals surface area contributed by atoms with Crippen molar-refractivity contribution < 1.29 is 14.3 Å². The Kier molecular flexibility index (Phi) is 6.29. The maximum atomic E-state index is 12.4. The molecule has 0 aliphatic heterocycles. The fraction of sp³-hybridized carbons (Fsp3) is 0.227. The van der Waals surface area contributed by atoms with E-state index in [-0.39, 0.29) is 5.91 Å². The summed E-state index contributed by atoms with van der Waals surface area (Å²) in [5.41, 5.74) is 6.81. The quantitative estimate of drug-likeness (QED) is 0.494. The van der Waals surface area contributed by atoms with Crippen molar-refractivity contribution in [2.45, 2.75) is 20.4 Å². The van der Waals surface area contributed by atoms with E-state index in [0.29, 0.717) is 23.6 Å². The third-order valence-electron chi connectivity index (χ3n) is 4.59. The first-order valence-electron chi connectivity index (χ1n) is 9.16. The number of benzene rings is 2. The fourth-order valence-corrected chi connectivity index (χ4v) is 2.97. The van der Waals surface area contributed by atoms with E-state index in [2.05, 4.69) is 27.8 Å². The van der Waals surface area contributed by atoms with Crippen LogP contribution in [0.3, 0.4) is 0 Å². The smallest absolute Gasteiger partial charge is 0.271 e. The SMILES string of the molecule is COc1cc(OC)cc(C(=O)N/N=C\c2c(C)nn(Cc3ccccc3)c2C)c1. The zero-order valence-electron chi connectivity index (χ0n) is 17.0. The fourth-order valence-electron chi connectivity index (χ4n) is 2.97. The van der Waals surface area contributed by atoms with E-state index in [1.807, 2.05) is 36.7 Å². The van der Waals surface area contributed by atoms with Crippen LogP contribution in [-0.4, -0.2) is 36.1 Å². The van der Waals surface area contributed by atoms with Gasteiger partial charge in [0.25, 0.3) is 5.91 Å². The molecule has 3 aromatic rings. The number of carbonyl (C=O) groups is 1. The highest BCUT2D eigenvalue weighted by molar-refractivity contribution is 5.95. The molecule has 0 aliphatic carbocycles. The largest absolute Gasteiger partial charge is 0.497 e. The lowest BCUT2D eigenvalue weighted by Crippen LogP contribution is -2.18. The molecule has 150 valence electrons. The van der Waals surface area contributed by atoms with E-state index in [4.69, 9.17) is 9.47 Å².